The van der Waals surface area contributed by atoms with Crippen LogP contribution >= 0.6 is 11.6 Å². The van der Waals surface area contributed by atoms with E-state index in [0.29, 0.717) is 12.3 Å². The number of carbonyl (C=O) groups excluding carboxylic acids is 1. The second kappa shape index (κ2) is 9.08. The Hall–Kier alpha value is -2.54. The second-order valence-electron chi connectivity index (χ2n) is 8.18. The summed E-state index contributed by atoms with van der Waals surface area (Å²) in [6.45, 7) is 4.81. The summed E-state index contributed by atoms with van der Waals surface area (Å²) < 4.78 is 1.33. The van der Waals surface area contributed by atoms with Crippen molar-refractivity contribution in [2.24, 2.45) is 13.0 Å². The van der Waals surface area contributed by atoms with Crippen molar-refractivity contribution in [1.82, 2.24) is 14.7 Å². The summed E-state index contributed by atoms with van der Waals surface area (Å²) in [4.78, 5) is 31.3. The number of hydrogen-bond acceptors (Lipinski definition) is 5. The summed E-state index contributed by atoms with van der Waals surface area (Å²) >= 11 is 6.11. The minimum Gasteiger partial charge on any atom is -0.370 e. The van der Waals surface area contributed by atoms with Gasteiger partial charge in [0.05, 0.1) is 11.9 Å². The lowest BCUT2D eigenvalue weighted by Crippen LogP contribution is -2.49. The molecule has 2 aliphatic rings. The van der Waals surface area contributed by atoms with Gasteiger partial charge in [0.15, 0.2) is 0 Å². The summed E-state index contributed by atoms with van der Waals surface area (Å²) in [6.07, 6.45) is 4.37. The third-order valence-electron chi connectivity index (χ3n) is 6.11. The number of halogens is 1. The molecule has 2 aliphatic heterocycles. The van der Waals surface area contributed by atoms with Crippen molar-refractivity contribution in [3.63, 3.8) is 0 Å². The third-order valence-corrected chi connectivity index (χ3v) is 6.34. The first-order valence-corrected chi connectivity index (χ1v) is 10.9. The topological polar surface area (TPSA) is 61.7 Å². The van der Waals surface area contributed by atoms with Crippen molar-refractivity contribution >= 4 is 28.9 Å². The first-order valence-electron chi connectivity index (χ1n) is 10.6. The van der Waals surface area contributed by atoms with Gasteiger partial charge in [-0.3, -0.25) is 9.59 Å². The maximum Gasteiger partial charge on any atom is 0.268 e. The summed E-state index contributed by atoms with van der Waals surface area (Å²) in [5.41, 5.74) is 1.86. The number of carbonyl (C=O) groups is 1. The summed E-state index contributed by atoms with van der Waals surface area (Å²) in [6, 6.07) is 9.50. The van der Waals surface area contributed by atoms with Crippen molar-refractivity contribution in [2.45, 2.75) is 19.3 Å². The number of rotatable bonds is 4. The number of aromatic nitrogens is 2. The molecule has 1 aromatic carbocycles. The van der Waals surface area contributed by atoms with Crippen LogP contribution in [0.25, 0.3) is 0 Å². The standard InChI is InChI=1S/C22H28ClN5O2/c1-25-21(29)14-20(15-24-25)28-7-3-4-17(16-28)12-22(30)27-10-8-26(9-11-27)19-6-2-5-18(23)13-19/h2,5-6,13-15,17H,3-4,7-12,16H2,1H3. The molecule has 2 fully saturated rings. The van der Waals surface area contributed by atoms with Crippen LogP contribution in [-0.2, 0) is 11.8 Å². The molecular formula is C22H28ClN5O2. The molecule has 0 radical (unpaired) electrons. The zero-order chi connectivity index (χ0) is 21.1. The lowest BCUT2D eigenvalue weighted by atomic mass is 9.93. The maximum absolute atomic E-state index is 12.9. The maximum atomic E-state index is 12.9. The molecule has 1 unspecified atom stereocenters. The fourth-order valence-electron chi connectivity index (χ4n) is 4.36. The summed E-state index contributed by atoms with van der Waals surface area (Å²) in [7, 11) is 1.65. The Balaban J connectivity index is 1.30. The van der Waals surface area contributed by atoms with Gasteiger partial charge in [-0.2, -0.15) is 5.10 Å². The van der Waals surface area contributed by atoms with Gasteiger partial charge in [0.1, 0.15) is 0 Å². The van der Waals surface area contributed by atoms with Crippen LogP contribution in [0.5, 0.6) is 0 Å². The van der Waals surface area contributed by atoms with Crippen LogP contribution in [0.1, 0.15) is 19.3 Å². The molecular weight excluding hydrogens is 402 g/mol. The number of aryl methyl sites for hydroxylation is 1. The van der Waals surface area contributed by atoms with E-state index in [1.807, 2.05) is 23.1 Å². The molecule has 0 bridgehead atoms. The summed E-state index contributed by atoms with van der Waals surface area (Å²) in [5, 5.41) is 4.86. The second-order valence-corrected chi connectivity index (χ2v) is 8.62. The van der Waals surface area contributed by atoms with Crippen LogP contribution in [0, 0.1) is 5.92 Å². The zero-order valence-electron chi connectivity index (χ0n) is 17.3. The van der Waals surface area contributed by atoms with Gasteiger partial charge in [0, 0.05) is 69.5 Å². The quantitative estimate of drug-likeness (QED) is 0.746. The monoisotopic (exact) mass is 429 g/mol. The van der Waals surface area contributed by atoms with E-state index in [9.17, 15) is 9.59 Å². The van der Waals surface area contributed by atoms with E-state index in [2.05, 4.69) is 21.0 Å². The van der Waals surface area contributed by atoms with E-state index in [1.54, 1.807) is 19.3 Å². The van der Waals surface area contributed by atoms with Gasteiger partial charge in [-0.1, -0.05) is 17.7 Å². The molecule has 0 N–H and O–H groups in total. The Morgan fingerprint density at radius 3 is 2.63 bits per heavy atom. The van der Waals surface area contributed by atoms with Gasteiger partial charge in [-0.25, -0.2) is 4.68 Å². The number of amides is 1. The highest BCUT2D eigenvalue weighted by molar-refractivity contribution is 6.30. The predicted octanol–water partition coefficient (Wildman–Crippen LogP) is 2.39. The summed E-state index contributed by atoms with van der Waals surface area (Å²) in [5.74, 6) is 0.538. The smallest absolute Gasteiger partial charge is 0.268 e. The lowest BCUT2D eigenvalue weighted by molar-refractivity contribution is -0.132. The van der Waals surface area contributed by atoms with Gasteiger partial charge in [0.25, 0.3) is 5.56 Å². The molecule has 1 aromatic heterocycles. The molecule has 0 aliphatic carbocycles. The predicted molar refractivity (Wildman–Crippen MR) is 119 cm³/mol. The fraction of sp³-hybridized carbons (Fsp3) is 0.500. The number of nitrogens with zero attached hydrogens (tertiary/aromatic N) is 5. The molecule has 30 heavy (non-hydrogen) atoms. The van der Waals surface area contributed by atoms with E-state index in [-0.39, 0.29) is 11.5 Å². The van der Waals surface area contributed by atoms with Gasteiger partial charge in [-0.15, -0.1) is 0 Å². The molecule has 3 heterocycles. The average Bonchev–Trinajstić information content (AvgIpc) is 2.76. The van der Waals surface area contributed by atoms with Crippen LogP contribution in [-0.4, -0.2) is 59.9 Å². The van der Waals surface area contributed by atoms with Gasteiger partial charge >= 0.3 is 0 Å². The van der Waals surface area contributed by atoms with Crippen molar-refractivity contribution in [1.29, 1.82) is 0 Å². The van der Waals surface area contributed by atoms with Gasteiger partial charge in [0.2, 0.25) is 5.91 Å². The minimum atomic E-state index is -0.108. The van der Waals surface area contributed by atoms with E-state index >= 15 is 0 Å². The number of piperidine rings is 1. The first kappa shape index (κ1) is 20.7. The zero-order valence-corrected chi connectivity index (χ0v) is 18.1. The van der Waals surface area contributed by atoms with Crippen molar-refractivity contribution in [2.75, 3.05) is 49.1 Å². The number of hydrogen-bond donors (Lipinski definition) is 0. The highest BCUT2D eigenvalue weighted by atomic mass is 35.5. The molecule has 0 spiro atoms. The molecule has 0 saturated carbocycles. The fourth-order valence-corrected chi connectivity index (χ4v) is 4.55. The van der Waals surface area contributed by atoms with Crippen LogP contribution in [0.4, 0.5) is 11.4 Å². The van der Waals surface area contributed by atoms with Crippen molar-refractivity contribution < 1.29 is 4.79 Å². The van der Waals surface area contributed by atoms with E-state index in [4.69, 9.17) is 11.6 Å². The van der Waals surface area contributed by atoms with Crippen molar-refractivity contribution in [3.8, 4) is 0 Å². The Morgan fingerprint density at radius 2 is 1.90 bits per heavy atom. The SMILES string of the molecule is Cn1ncc(N2CCCC(CC(=O)N3CCN(c4cccc(Cl)c4)CC3)C2)cc1=O. The normalized spacial score (nSPS) is 19.8. The first-order chi connectivity index (χ1) is 14.5. The molecule has 4 rings (SSSR count). The Kier molecular flexibility index (Phi) is 6.27. The third kappa shape index (κ3) is 4.78. The highest BCUT2D eigenvalue weighted by Crippen LogP contribution is 2.25. The number of anilines is 2. The van der Waals surface area contributed by atoms with E-state index < -0.39 is 0 Å². The van der Waals surface area contributed by atoms with Crippen LogP contribution < -0.4 is 15.4 Å². The minimum absolute atomic E-state index is 0.108. The highest BCUT2D eigenvalue weighted by Gasteiger charge is 2.27. The van der Waals surface area contributed by atoms with Gasteiger partial charge < -0.3 is 14.7 Å². The van der Waals surface area contributed by atoms with Gasteiger partial charge in [-0.05, 0) is 37.0 Å². The molecule has 1 atom stereocenters. The van der Waals surface area contributed by atoms with E-state index in [0.717, 1.165) is 68.5 Å². The Bertz CT molecular complexity index is 955. The van der Waals surface area contributed by atoms with Crippen LogP contribution in [0.3, 0.4) is 0 Å². The Labute approximate surface area is 181 Å². The number of piperazine rings is 1. The number of benzene rings is 1. The lowest BCUT2D eigenvalue weighted by Gasteiger charge is -2.38. The molecule has 8 heteroatoms. The molecule has 160 valence electrons. The van der Waals surface area contributed by atoms with E-state index in [1.165, 1.54) is 4.68 Å². The Morgan fingerprint density at radius 1 is 1.10 bits per heavy atom. The molecule has 2 saturated heterocycles. The van der Waals surface area contributed by atoms with Crippen molar-refractivity contribution in [3.05, 3.63) is 51.9 Å². The average molecular weight is 430 g/mol. The van der Waals surface area contributed by atoms with Crippen LogP contribution in [0.15, 0.2) is 41.3 Å². The molecule has 7 nitrogen and oxygen atoms in total. The largest absolute Gasteiger partial charge is 0.370 e. The molecule has 1 amide bonds. The molecule has 2 aromatic rings. The van der Waals surface area contributed by atoms with Crippen LogP contribution in [0.2, 0.25) is 5.02 Å².